The number of nitrogens with one attached hydrogen (secondary N) is 2. The van der Waals surface area contributed by atoms with Crippen molar-refractivity contribution < 1.29 is 9.21 Å². The molecule has 0 spiro atoms. The third kappa shape index (κ3) is 6.43. The molecule has 7 heteroatoms. The quantitative estimate of drug-likeness (QED) is 0.515. The second kappa shape index (κ2) is 10.2. The molecule has 1 unspecified atom stereocenters. The van der Waals surface area contributed by atoms with Crippen LogP contribution in [0.1, 0.15) is 36.5 Å². The van der Waals surface area contributed by atoms with Crippen molar-refractivity contribution in [2.45, 2.75) is 32.9 Å². The van der Waals surface area contributed by atoms with E-state index in [-0.39, 0.29) is 11.9 Å². The summed E-state index contributed by atoms with van der Waals surface area (Å²) in [6.07, 6.45) is 0.385. The molecule has 2 aromatic rings. The van der Waals surface area contributed by atoms with Gasteiger partial charge in [0.25, 0.3) is 0 Å². The number of guanidine groups is 1. The van der Waals surface area contributed by atoms with E-state index >= 15 is 0 Å². The normalized spacial score (nSPS) is 12.6. The van der Waals surface area contributed by atoms with E-state index in [9.17, 15) is 4.79 Å². The number of aryl methyl sites for hydroxylation is 1. The summed E-state index contributed by atoms with van der Waals surface area (Å²) in [6.45, 7) is 4.99. The lowest BCUT2D eigenvalue weighted by Crippen LogP contribution is -2.40. The molecule has 146 valence electrons. The number of rotatable bonds is 7. The van der Waals surface area contributed by atoms with Crippen LogP contribution in [0.5, 0.6) is 0 Å². The van der Waals surface area contributed by atoms with Gasteiger partial charge in [0, 0.05) is 38.1 Å². The molecule has 1 heterocycles. The van der Waals surface area contributed by atoms with Gasteiger partial charge in [0.05, 0.1) is 6.04 Å². The summed E-state index contributed by atoms with van der Waals surface area (Å²) in [5, 5.41) is 6.44. The molecule has 27 heavy (non-hydrogen) atoms. The van der Waals surface area contributed by atoms with Crippen molar-refractivity contribution in [1.29, 1.82) is 0 Å². The fourth-order valence-electron chi connectivity index (χ4n) is 2.61. The van der Waals surface area contributed by atoms with Gasteiger partial charge in [-0.05, 0) is 37.6 Å². The molecule has 0 aliphatic heterocycles. The highest BCUT2D eigenvalue weighted by Gasteiger charge is 2.13. The van der Waals surface area contributed by atoms with Crippen LogP contribution in [0.25, 0.3) is 0 Å². The molecular formula is C20H27BrN4O2. The number of amides is 1. The van der Waals surface area contributed by atoms with Crippen molar-refractivity contribution >= 4 is 27.8 Å². The second-order valence-corrected chi connectivity index (χ2v) is 7.26. The first-order valence-electron chi connectivity index (χ1n) is 8.91. The van der Waals surface area contributed by atoms with Crippen LogP contribution in [0.2, 0.25) is 0 Å². The fourth-order valence-corrected chi connectivity index (χ4v) is 3.02. The Morgan fingerprint density at radius 2 is 2.04 bits per heavy atom. The van der Waals surface area contributed by atoms with Gasteiger partial charge in [-0.15, -0.1) is 0 Å². The van der Waals surface area contributed by atoms with Crippen LogP contribution < -0.4 is 10.6 Å². The van der Waals surface area contributed by atoms with E-state index in [2.05, 4.69) is 31.6 Å². The van der Waals surface area contributed by atoms with Crippen LogP contribution in [0.15, 0.2) is 50.3 Å². The zero-order chi connectivity index (χ0) is 19.8. The molecule has 1 amide bonds. The number of benzene rings is 1. The molecule has 0 radical (unpaired) electrons. The number of carbonyl (C=O) groups excluding carboxylic acids is 1. The van der Waals surface area contributed by atoms with Crippen molar-refractivity contribution in [1.82, 2.24) is 15.5 Å². The summed E-state index contributed by atoms with van der Waals surface area (Å²) in [5.41, 5.74) is 1.08. The van der Waals surface area contributed by atoms with Gasteiger partial charge in [-0.25, -0.2) is 0 Å². The summed E-state index contributed by atoms with van der Waals surface area (Å²) in [6, 6.07) is 11.8. The summed E-state index contributed by atoms with van der Waals surface area (Å²) in [7, 11) is 3.52. The topological polar surface area (TPSA) is 69.9 Å². The number of aliphatic imine (C=N–C) groups is 1. The lowest BCUT2D eigenvalue weighted by molar-refractivity contribution is -0.130. The molecule has 1 aromatic carbocycles. The molecule has 0 aliphatic carbocycles. The van der Waals surface area contributed by atoms with E-state index in [1.54, 1.807) is 11.9 Å². The molecule has 1 aromatic heterocycles. The minimum atomic E-state index is -0.0151. The Balaban J connectivity index is 1.78. The molecular weight excluding hydrogens is 408 g/mol. The van der Waals surface area contributed by atoms with Gasteiger partial charge in [0.2, 0.25) is 5.91 Å². The van der Waals surface area contributed by atoms with E-state index in [0.717, 1.165) is 21.6 Å². The van der Waals surface area contributed by atoms with Gasteiger partial charge in [-0.1, -0.05) is 34.1 Å². The average molecular weight is 435 g/mol. The second-order valence-electron chi connectivity index (χ2n) is 6.40. The highest BCUT2D eigenvalue weighted by molar-refractivity contribution is 9.10. The SMILES string of the molecule is CN=C(NCCC(=O)N(C)Cc1ccccc1Br)NC(C)c1ccc(C)o1. The number of nitrogens with zero attached hydrogens (tertiary/aromatic N) is 2. The maximum Gasteiger partial charge on any atom is 0.224 e. The summed E-state index contributed by atoms with van der Waals surface area (Å²) >= 11 is 3.52. The monoisotopic (exact) mass is 434 g/mol. The van der Waals surface area contributed by atoms with E-state index in [0.29, 0.717) is 25.5 Å². The first kappa shape index (κ1) is 21.0. The van der Waals surface area contributed by atoms with Crippen molar-refractivity contribution in [3.05, 3.63) is 58.0 Å². The predicted molar refractivity (Wildman–Crippen MR) is 112 cm³/mol. The molecule has 1 atom stereocenters. The third-order valence-corrected chi connectivity index (χ3v) is 4.96. The van der Waals surface area contributed by atoms with Gasteiger partial charge in [-0.3, -0.25) is 9.79 Å². The molecule has 6 nitrogen and oxygen atoms in total. The van der Waals surface area contributed by atoms with Crippen LogP contribution in [0, 0.1) is 6.92 Å². The van der Waals surface area contributed by atoms with E-state index < -0.39 is 0 Å². The minimum Gasteiger partial charge on any atom is -0.464 e. The fraction of sp³-hybridized carbons (Fsp3) is 0.400. The van der Waals surface area contributed by atoms with Gasteiger partial charge in [0.1, 0.15) is 11.5 Å². The van der Waals surface area contributed by atoms with E-state index in [1.165, 1.54) is 0 Å². The predicted octanol–water partition coefficient (Wildman–Crippen LogP) is 3.63. The lowest BCUT2D eigenvalue weighted by atomic mass is 10.2. The summed E-state index contributed by atoms with van der Waals surface area (Å²) in [5.74, 6) is 2.43. The zero-order valence-corrected chi connectivity index (χ0v) is 17.8. The zero-order valence-electron chi connectivity index (χ0n) is 16.3. The Morgan fingerprint density at radius 1 is 1.30 bits per heavy atom. The maximum absolute atomic E-state index is 12.4. The Kier molecular flexibility index (Phi) is 7.91. The van der Waals surface area contributed by atoms with Gasteiger partial charge in [-0.2, -0.15) is 0 Å². The Hall–Kier alpha value is -2.28. The number of carbonyl (C=O) groups is 1. The largest absolute Gasteiger partial charge is 0.464 e. The van der Waals surface area contributed by atoms with Crippen molar-refractivity contribution in [3.63, 3.8) is 0 Å². The molecule has 0 bridgehead atoms. The van der Waals surface area contributed by atoms with Crippen LogP contribution in [-0.4, -0.2) is 37.4 Å². The number of halogens is 1. The van der Waals surface area contributed by atoms with Crippen LogP contribution in [0.3, 0.4) is 0 Å². The molecule has 2 N–H and O–H groups in total. The third-order valence-electron chi connectivity index (χ3n) is 4.19. The van der Waals surface area contributed by atoms with Crippen LogP contribution in [-0.2, 0) is 11.3 Å². The summed E-state index contributed by atoms with van der Waals surface area (Å²) < 4.78 is 6.63. The van der Waals surface area contributed by atoms with E-state index in [1.807, 2.05) is 57.3 Å². The Labute approximate surface area is 169 Å². The number of hydrogen-bond donors (Lipinski definition) is 2. The Bertz CT molecular complexity index is 788. The van der Waals surface area contributed by atoms with Crippen molar-refractivity contribution in [2.75, 3.05) is 20.6 Å². The van der Waals surface area contributed by atoms with E-state index in [4.69, 9.17) is 4.42 Å². The van der Waals surface area contributed by atoms with Gasteiger partial charge >= 0.3 is 0 Å². The molecule has 0 aliphatic rings. The Morgan fingerprint density at radius 3 is 2.67 bits per heavy atom. The van der Waals surface area contributed by atoms with Gasteiger partial charge < -0.3 is 20.0 Å². The highest BCUT2D eigenvalue weighted by Crippen LogP contribution is 2.17. The number of furan rings is 1. The van der Waals surface area contributed by atoms with Crippen molar-refractivity contribution in [3.8, 4) is 0 Å². The maximum atomic E-state index is 12.4. The molecule has 2 rings (SSSR count). The highest BCUT2D eigenvalue weighted by atomic mass is 79.9. The lowest BCUT2D eigenvalue weighted by Gasteiger charge is -2.19. The van der Waals surface area contributed by atoms with Crippen LogP contribution in [0.4, 0.5) is 0 Å². The smallest absolute Gasteiger partial charge is 0.224 e. The molecule has 0 saturated heterocycles. The van der Waals surface area contributed by atoms with Crippen LogP contribution >= 0.6 is 15.9 Å². The van der Waals surface area contributed by atoms with Gasteiger partial charge in [0.15, 0.2) is 5.96 Å². The molecule has 0 fully saturated rings. The minimum absolute atomic E-state index is 0.0151. The molecule has 0 saturated carbocycles. The average Bonchev–Trinajstić information content (AvgIpc) is 3.09. The summed E-state index contributed by atoms with van der Waals surface area (Å²) in [4.78, 5) is 18.3. The first-order valence-corrected chi connectivity index (χ1v) is 9.71. The number of hydrogen-bond acceptors (Lipinski definition) is 3. The first-order chi connectivity index (χ1) is 12.9. The van der Waals surface area contributed by atoms with Crippen molar-refractivity contribution in [2.24, 2.45) is 4.99 Å². The standard InChI is InChI=1S/C20H27BrN4O2/c1-14-9-10-18(27-14)15(2)24-20(22-3)23-12-11-19(26)25(4)13-16-7-5-6-8-17(16)21/h5-10,15H,11-13H2,1-4H3,(H2,22,23,24).